The summed E-state index contributed by atoms with van der Waals surface area (Å²) in [4.78, 5) is 0.0538. The van der Waals surface area contributed by atoms with Gasteiger partial charge in [-0.15, -0.1) is 10.2 Å². The van der Waals surface area contributed by atoms with Crippen LogP contribution in [0.4, 0.5) is 11.4 Å². The van der Waals surface area contributed by atoms with Crippen molar-refractivity contribution < 1.29 is 13.5 Å². The number of azo groups is 1. The van der Waals surface area contributed by atoms with Gasteiger partial charge in [0, 0.05) is 17.0 Å². The Hall–Kier alpha value is -3.24. The number of nitriles is 1. The summed E-state index contributed by atoms with van der Waals surface area (Å²) in [6.45, 7) is 0. The van der Waals surface area contributed by atoms with E-state index in [1.54, 1.807) is 24.3 Å². The lowest BCUT2D eigenvalue weighted by Gasteiger charge is -2.04. The summed E-state index contributed by atoms with van der Waals surface area (Å²) < 4.78 is 23.2. The molecule has 0 aliphatic rings. The molecule has 0 spiro atoms. The lowest BCUT2D eigenvalue weighted by molar-refractivity contribution is 0.481. The third-order valence-corrected chi connectivity index (χ3v) is 4.77. The number of aromatic hydroxyl groups is 1. The second-order valence-corrected chi connectivity index (χ2v) is 7.43. The highest BCUT2D eigenvalue weighted by atomic mass is 32.2. The minimum absolute atomic E-state index is 0.0538. The number of rotatable bonds is 3. The van der Waals surface area contributed by atoms with Gasteiger partial charge in [-0.3, -0.25) is 0 Å². The zero-order chi connectivity index (χ0) is 18.0. The summed E-state index contributed by atoms with van der Waals surface area (Å²) in [6, 6.07) is 16.4. The SMILES string of the molecule is CS(=O)(=O)c1ccc(/N=N/c2ccc(O)c3ccccc23)c(C#N)c1. The fourth-order valence-corrected chi connectivity index (χ4v) is 3.03. The van der Waals surface area contributed by atoms with Crippen molar-refractivity contribution in [3.8, 4) is 11.8 Å². The summed E-state index contributed by atoms with van der Waals surface area (Å²) in [5.41, 5.74) is 0.922. The zero-order valence-corrected chi connectivity index (χ0v) is 14.0. The molecule has 25 heavy (non-hydrogen) atoms. The number of hydrogen-bond acceptors (Lipinski definition) is 6. The number of phenolic OH excluding ortho intramolecular Hbond substituents is 1. The fourth-order valence-electron chi connectivity index (χ4n) is 2.38. The summed E-state index contributed by atoms with van der Waals surface area (Å²) in [5.74, 6) is 0.143. The van der Waals surface area contributed by atoms with E-state index < -0.39 is 9.84 Å². The van der Waals surface area contributed by atoms with E-state index in [0.29, 0.717) is 11.1 Å². The summed E-state index contributed by atoms with van der Waals surface area (Å²) >= 11 is 0. The molecular weight excluding hydrogens is 338 g/mol. The monoisotopic (exact) mass is 351 g/mol. The molecule has 0 aromatic heterocycles. The molecule has 0 atom stereocenters. The number of fused-ring (bicyclic) bond motifs is 1. The largest absolute Gasteiger partial charge is 0.507 e. The van der Waals surface area contributed by atoms with E-state index in [4.69, 9.17) is 0 Å². The molecule has 0 fully saturated rings. The van der Waals surface area contributed by atoms with Crippen LogP contribution < -0.4 is 0 Å². The first-order chi connectivity index (χ1) is 11.9. The number of benzene rings is 3. The predicted octanol–water partition coefficient (Wildman–Crippen LogP) is 4.24. The van der Waals surface area contributed by atoms with Crippen LogP contribution in [0.3, 0.4) is 0 Å². The van der Waals surface area contributed by atoms with Crippen molar-refractivity contribution in [3.63, 3.8) is 0 Å². The van der Waals surface area contributed by atoms with Crippen molar-refractivity contribution in [3.05, 3.63) is 60.2 Å². The van der Waals surface area contributed by atoms with Gasteiger partial charge in [0.1, 0.15) is 17.5 Å². The van der Waals surface area contributed by atoms with Gasteiger partial charge < -0.3 is 5.11 Å². The summed E-state index contributed by atoms with van der Waals surface area (Å²) in [6.07, 6.45) is 1.08. The molecule has 0 saturated carbocycles. The van der Waals surface area contributed by atoms with Crippen molar-refractivity contribution in [2.45, 2.75) is 4.90 Å². The van der Waals surface area contributed by atoms with Crippen LogP contribution in [0.1, 0.15) is 5.56 Å². The summed E-state index contributed by atoms with van der Waals surface area (Å²) in [5, 5.41) is 28.7. The van der Waals surface area contributed by atoms with E-state index in [1.165, 1.54) is 24.3 Å². The van der Waals surface area contributed by atoms with Crippen LogP contribution in [0, 0.1) is 11.3 Å². The highest BCUT2D eigenvalue weighted by molar-refractivity contribution is 7.90. The third-order valence-electron chi connectivity index (χ3n) is 3.66. The van der Waals surface area contributed by atoms with Crippen LogP contribution >= 0.6 is 0 Å². The van der Waals surface area contributed by atoms with Crippen LogP contribution in [-0.4, -0.2) is 19.8 Å². The van der Waals surface area contributed by atoms with Crippen molar-refractivity contribution in [1.29, 1.82) is 5.26 Å². The van der Waals surface area contributed by atoms with Crippen molar-refractivity contribution in [2.75, 3.05) is 6.26 Å². The maximum atomic E-state index is 11.6. The fraction of sp³-hybridized carbons (Fsp3) is 0.0556. The highest BCUT2D eigenvalue weighted by Gasteiger charge is 2.11. The number of phenols is 1. The van der Waals surface area contributed by atoms with E-state index in [1.807, 2.05) is 12.1 Å². The highest BCUT2D eigenvalue weighted by Crippen LogP contribution is 2.33. The Bertz CT molecular complexity index is 1150. The van der Waals surface area contributed by atoms with Gasteiger partial charge in [-0.25, -0.2) is 8.42 Å². The van der Waals surface area contributed by atoms with Gasteiger partial charge >= 0.3 is 0 Å². The molecular formula is C18H13N3O3S. The van der Waals surface area contributed by atoms with E-state index >= 15 is 0 Å². The Balaban J connectivity index is 2.07. The first-order valence-corrected chi connectivity index (χ1v) is 9.16. The number of sulfone groups is 1. The average Bonchev–Trinajstić information content (AvgIpc) is 2.60. The minimum Gasteiger partial charge on any atom is -0.507 e. The molecule has 3 aromatic carbocycles. The normalized spacial score (nSPS) is 11.7. The Labute approximate surface area is 144 Å². The Morgan fingerprint density at radius 1 is 0.960 bits per heavy atom. The molecule has 6 nitrogen and oxygen atoms in total. The van der Waals surface area contributed by atoms with E-state index in [2.05, 4.69) is 10.2 Å². The maximum Gasteiger partial charge on any atom is 0.175 e. The Morgan fingerprint density at radius 3 is 2.28 bits per heavy atom. The molecule has 0 aliphatic carbocycles. The number of nitrogens with zero attached hydrogens (tertiary/aromatic N) is 3. The molecule has 3 rings (SSSR count). The van der Waals surface area contributed by atoms with Crippen LogP contribution in [0.25, 0.3) is 10.8 Å². The topological polar surface area (TPSA) is 103 Å². The van der Waals surface area contributed by atoms with Crippen molar-refractivity contribution in [2.24, 2.45) is 10.2 Å². The maximum absolute atomic E-state index is 11.6. The number of hydrogen-bond donors (Lipinski definition) is 1. The van der Waals surface area contributed by atoms with Gasteiger partial charge in [0.2, 0.25) is 0 Å². The lowest BCUT2D eigenvalue weighted by Crippen LogP contribution is -1.97. The second-order valence-electron chi connectivity index (χ2n) is 5.41. The average molecular weight is 351 g/mol. The van der Waals surface area contributed by atoms with Gasteiger partial charge in [-0.1, -0.05) is 24.3 Å². The Morgan fingerprint density at radius 2 is 1.60 bits per heavy atom. The lowest BCUT2D eigenvalue weighted by atomic mass is 10.1. The molecule has 0 radical (unpaired) electrons. The smallest absolute Gasteiger partial charge is 0.175 e. The zero-order valence-electron chi connectivity index (χ0n) is 13.2. The molecule has 0 unspecified atom stereocenters. The van der Waals surface area contributed by atoms with Gasteiger partial charge in [0.05, 0.1) is 16.1 Å². The van der Waals surface area contributed by atoms with E-state index in [-0.39, 0.29) is 21.9 Å². The molecule has 7 heteroatoms. The molecule has 0 saturated heterocycles. The molecule has 0 heterocycles. The first-order valence-electron chi connectivity index (χ1n) is 7.27. The minimum atomic E-state index is -3.40. The molecule has 3 aromatic rings. The van der Waals surface area contributed by atoms with Gasteiger partial charge in [-0.2, -0.15) is 5.26 Å². The third kappa shape index (κ3) is 3.34. The quantitative estimate of drug-likeness (QED) is 0.713. The van der Waals surface area contributed by atoms with Crippen LogP contribution in [0.2, 0.25) is 0 Å². The predicted molar refractivity (Wildman–Crippen MR) is 94.1 cm³/mol. The van der Waals surface area contributed by atoms with E-state index in [0.717, 1.165) is 11.6 Å². The van der Waals surface area contributed by atoms with Gasteiger partial charge in [0.15, 0.2) is 9.84 Å². The second kappa shape index (κ2) is 6.34. The van der Waals surface area contributed by atoms with Crippen LogP contribution in [0.15, 0.2) is 69.7 Å². The molecule has 0 bridgehead atoms. The van der Waals surface area contributed by atoms with Crippen LogP contribution in [-0.2, 0) is 9.84 Å². The van der Waals surface area contributed by atoms with Crippen LogP contribution in [0.5, 0.6) is 5.75 Å². The molecule has 0 aliphatic heterocycles. The molecule has 1 N–H and O–H groups in total. The molecule has 124 valence electrons. The molecule has 0 amide bonds. The van der Waals surface area contributed by atoms with Gasteiger partial charge in [0.25, 0.3) is 0 Å². The summed E-state index contributed by atoms with van der Waals surface area (Å²) in [7, 11) is -3.40. The van der Waals surface area contributed by atoms with Crippen molar-refractivity contribution >= 4 is 32.0 Å². The van der Waals surface area contributed by atoms with E-state index in [9.17, 15) is 18.8 Å². The van der Waals surface area contributed by atoms with Crippen molar-refractivity contribution in [1.82, 2.24) is 0 Å². The standard InChI is InChI=1S/C18H13N3O3S/c1-25(23,24)13-6-7-16(12(10-13)11-19)20-21-17-8-9-18(22)15-5-3-2-4-14(15)17/h2-10,22H,1H3/b21-20+. The first kappa shape index (κ1) is 16.6. The Kier molecular flexibility index (Phi) is 4.21. The van der Waals surface area contributed by atoms with Gasteiger partial charge in [-0.05, 0) is 30.3 Å².